The van der Waals surface area contributed by atoms with Gasteiger partial charge in [0.25, 0.3) is 0 Å². The number of benzene rings is 1. The summed E-state index contributed by atoms with van der Waals surface area (Å²) in [6.07, 6.45) is -4.79. The zero-order valence-electron chi connectivity index (χ0n) is 13.4. The fourth-order valence-electron chi connectivity index (χ4n) is 2.66. The fourth-order valence-corrected chi connectivity index (χ4v) is 2.88. The van der Waals surface area contributed by atoms with Gasteiger partial charge in [-0.25, -0.2) is 9.97 Å². The molecule has 3 rings (SSSR count). The molecule has 0 aliphatic rings. The number of ether oxygens (including phenoxy) is 1. The van der Waals surface area contributed by atoms with Crippen LogP contribution < -0.4 is 0 Å². The summed E-state index contributed by atoms with van der Waals surface area (Å²) in [5.74, 6) is 0.00880. The number of hydrogen-bond donors (Lipinski definition) is 1. The molecule has 0 radical (unpaired) electrons. The Hall–Kier alpha value is -1.90. The average molecular weight is 374 g/mol. The van der Waals surface area contributed by atoms with Gasteiger partial charge < -0.3 is 9.67 Å². The van der Waals surface area contributed by atoms with Crippen molar-refractivity contribution < 1.29 is 23.0 Å². The molecule has 9 heteroatoms. The van der Waals surface area contributed by atoms with Gasteiger partial charge in [-0.1, -0.05) is 29.8 Å². The smallest absolute Gasteiger partial charge is 0.389 e. The second-order valence-corrected chi connectivity index (χ2v) is 6.64. The standard InChI is InChI=1S/C16H15ClF3N3O2/c1-15(2,24)8-23-11(7-25-16(18,19)20)22-12-13(23)9-5-3-4-6-10(9)21-14(12)17/h3-6,24H,7-8H2,1-2H3. The lowest BCUT2D eigenvalue weighted by atomic mass is 10.1. The molecule has 0 amide bonds. The molecule has 0 aliphatic carbocycles. The minimum absolute atomic E-state index is 0.00880. The maximum absolute atomic E-state index is 12.5. The molecule has 0 aliphatic heterocycles. The first-order valence-corrected chi connectivity index (χ1v) is 7.79. The molecule has 0 bridgehead atoms. The summed E-state index contributed by atoms with van der Waals surface area (Å²) in [5, 5.41) is 10.9. The Morgan fingerprint density at radius 2 is 1.88 bits per heavy atom. The molecule has 134 valence electrons. The van der Waals surface area contributed by atoms with E-state index in [2.05, 4.69) is 14.7 Å². The zero-order chi connectivity index (χ0) is 18.4. The van der Waals surface area contributed by atoms with Crippen molar-refractivity contribution in [3.8, 4) is 0 Å². The maximum atomic E-state index is 12.5. The molecule has 25 heavy (non-hydrogen) atoms. The van der Waals surface area contributed by atoms with Crippen LogP contribution in [0.5, 0.6) is 0 Å². The van der Waals surface area contributed by atoms with Gasteiger partial charge in [0.1, 0.15) is 17.9 Å². The lowest BCUT2D eigenvalue weighted by Gasteiger charge is -2.20. The molecule has 0 spiro atoms. The van der Waals surface area contributed by atoms with Gasteiger partial charge in [-0.3, -0.25) is 4.74 Å². The highest BCUT2D eigenvalue weighted by atomic mass is 35.5. The van der Waals surface area contributed by atoms with Crippen LogP contribution in [-0.4, -0.2) is 31.6 Å². The summed E-state index contributed by atoms with van der Waals surface area (Å²) in [6, 6.07) is 7.08. The highest BCUT2D eigenvalue weighted by Gasteiger charge is 2.31. The van der Waals surface area contributed by atoms with Crippen LogP contribution in [0, 0.1) is 0 Å². The van der Waals surface area contributed by atoms with Crippen molar-refractivity contribution in [1.29, 1.82) is 0 Å². The van der Waals surface area contributed by atoms with Crippen LogP contribution in [0.15, 0.2) is 24.3 Å². The van der Waals surface area contributed by atoms with Gasteiger partial charge in [0.05, 0.1) is 23.2 Å². The minimum Gasteiger partial charge on any atom is -0.389 e. The van der Waals surface area contributed by atoms with Gasteiger partial charge in [-0.05, 0) is 19.9 Å². The Bertz CT molecular complexity index is 932. The number of aromatic nitrogens is 3. The topological polar surface area (TPSA) is 60.2 Å². The van der Waals surface area contributed by atoms with E-state index in [9.17, 15) is 18.3 Å². The van der Waals surface area contributed by atoms with E-state index in [4.69, 9.17) is 11.6 Å². The summed E-state index contributed by atoms with van der Waals surface area (Å²) in [6.45, 7) is 2.33. The predicted octanol–water partition coefficient (Wildman–Crippen LogP) is 4.05. The Kier molecular flexibility index (Phi) is 4.38. The number of imidazole rings is 1. The average Bonchev–Trinajstić information content (AvgIpc) is 2.82. The first-order chi connectivity index (χ1) is 11.6. The Balaban J connectivity index is 2.26. The molecular formula is C16H15ClF3N3O2. The highest BCUT2D eigenvalue weighted by Crippen LogP contribution is 2.31. The number of para-hydroxylation sites is 1. The monoisotopic (exact) mass is 373 g/mol. The first-order valence-electron chi connectivity index (χ1n) is 7.41. The number of pyridine rings is 1. The van der Waals surface area contributed by atoms with Crippen LogP contribution >= 0.6 is 11.6 Å². The number of halogens is 4. The van der Waals surface area contributed by atoms with E-state index in [0.717, 1.165) is 0 Å². The van der Waals surface area contributed by atoms with Crippen LogP contribution in [0.4, 0.5) is 13.2 Å². The number of alkyl halides is 3. The van der Waals surface area contributed by atoms with Gasteiger partial charge in [-0.2, -0.15) is 0 Å². The van der Waals surface area contributed by atoms with E-state index in [1.807, 2.05) is 0 Å². The summed E-state index contributed by atoms with van der Waals surface area (Å²) in [7, 11) is 0. The maximum Gasteiger partial charge on any atom is 0.522 e. The summed E-state index contributed by atoms with van der Waals surface area (Å²) in [5.41, 5.74) is 0.182. The largest absolute Gasteiger partial charge is 0.522 e. The Morgan fingerprint density at radius 3 is 2.52 bits per heavy atom. The van der Waals surface area contributed by atoms with Gasteiger partial charge in [0.2, 0.25) is 0 Å². The molecule has 2 aromatic heterocycles. The molecule has 5 nitrogen and oxygen atoms in total. The molecule has 0 saturated heterocycles. The van der Waals surface area contributed by atoms with Crippen LogP contribution in [0.2, 0.25) is 5.15 Å². The Labute approximate surface area is 146 Å². The summed E-state index contributed by atoms with van der Waals surface area (Å²) in [4.78, 5) is 8.41. The van der Waals surface area contributed by atoms with Crippen molar-refractivity contribution in [3.05, 3.63) is 35.2 Å². The number of rotatable bonds is 4. The van der Waals surface area contributed by atoms with Crippen molar-refractivity contribution in [2.75, 3.05) is 0 Å². The number of aliphatic hydroxyl groups is 1. The van der Waals surface area contributed by atoms with Crippen molar-refractivity contribution in [2.45, 2.75) is 39.0 Å². The van der Waals surface area contributed by atoms with Crippen molar-refractivity contribution in [2.24, 2.45) is 0 Å². The third kappa shape index (κ3) is 3.86. The molecular weight excluding hydrogens is 359 g/mol. The van der Waals surface area contributed by atoms with E-state index in [1.54, 1.807) is 38.1 Å². The van der Waals surface area contributed by atoms with Crippen molar-refractivity contribution in [1.82, 2.24) is 14.5 Å². The zero-order valence-corrected chi connectivity index (χ0v) is 14.2. The molecule has 2 heterocycles. The van der Waals surface area contributed by atoms with Crippen LogP contribution in [0.3, 0.4) is 0 Å². The van der Waals surface area contributed by atoms with Crippen molar-refractivity contribution in [3.63, 3.8) is 0 Å². The summed E-state index contributed by atoms with van der Waals surface area (Å²) >= 11 is 6.17. The van der Waals surface area contributed by atoms with E-state index in [0.29, 0.717) is 16.4 Å². The van der Waals surface area contributed by atoms with Crippen LogP contribution in [0.25, 0.3) is 21.9 Å². The lowest BCUT2D eigenvalue weighted by Crippen LogP contribution is -2.27. The van der Waals surface area contributed by atoms with Crippen molar-refractivity contribution >= 4 is 33.5 Å². The van der Waals surface area contributed by atoms with Gasteiger partial charge in [0.15, 0.2) is 5.15 Å². The van der Waals surface area contributed by atoms with Gasteiger partial charge in [-0.15, -0.1) is 13.2 Å². The van der Waals surface area contributed by atoms with Crippen LogP contribution in [0.1, 0.15) is 19.7 Å². The molecule has 1 N–H and O–H groups in total. The predicted molar refractivity (Wildman–Crippen MR) is 87.2 cm³/mol. The normalized spacial score (nSPS) is 13.1. The third-order valence-electron chi connectivity index (χ3n) is 3.53. The number of hydrogen-bond acceptors (Lipinski definition) is 4. The second kappa shape index (κ2) is 6.12. The molecule has 0 unspecified atom stereocenters. The second-order valence-electron chi connectivity index (χ2n) is 6.28. The van der Waals surface area contributed by atoms with E-state index < -0.39 is 18.6 Å². The Morgan fingerprint density at radius 1 is 1.20 bits per heavy atom. The molecule has 1 aromatic carbocycles. The number of fused-ring (bicyclic) bond motifs is 3. The van der Waals surface area contributed by atoms with E-state index in [-0.39, 0.29) is 23.0 Å². The summed E-state index contributed by atoms with van der Waals surface area (Å²) < 4.78 is 42.8. The molecule has 0 saturated carbocycles. The van der Waals surface area contributed by atoms with E-state index >= 15 is 0 Å². The van der Waals surface area contributed by atoms with Crippen LogP contribution in [-0.2, 0) is 17.9 Å². The molecule has 3 aromatic rings. The van der Waals surface area contributed by atoms with Gasteiger partial charge in [0, 0.05) is 5.39 Å². The number of nitrogens with zero attached hydrogens (tertiary/aromatic N) is 3. The minimum atomic E-state index is -4.79. The van der Waals surface area contributed by atoms with Gasteiger partial charge >= 0.3 is 6.36 Å². The third-order valence-corrected chi connectivity index (χ3v) is 3.79. The lowest BCUT2D eigenvalue weighted by molar-refractivity contribution is -0.331. The molecule has 0 atom stereocenters. The highest BCUT2D eigenvalue weighted by molar-refractivity contribution is 6.35. The molecule has 0 fully saturated rings. The quantitative estimate of drug-likeness (QED) is 0.701. The fraction of sp³-hybridized carbons (Fsp3) is 0.375. The SMILES string of the molecule is CC(C)(O)Cn1c(COC(F)(F)F)nc2c(Cl)nc3ccccc3c21. The van der Waals surface area contributed by atoms with E-state index in [1.165, 1.54) is 4.57 Å². The first kappa shape index (κ1) is 17.9.